The Hall–Kier alpha value is -2.25. The maximum atomic E-state index is 13.0. The van der Waals surface area contributed by atoms with Crippen LogP contribution < -0.4 is 10.6 Å². The van der Waals surface area contributed by atoms with Crippen LogP contribution in [0.2, 0.25) is 0 Å². The van der Waals surface area contributed by atoms with E-state index in [9.17, 15) is 14.4 Å². The fourth-order valence-corrected chi connectivity index (χ4v) is 5.35. The fraction of sp³-hybridized carbons (Fsp3) is 0.571. The Morgan fingerprint density at radius 2 is 2.07 bits per heavy atom. The second-order valence-corrected chi connectivity index (χ2v) is 8.73. The van der Waals surface area contributed by atoms with Gasteiger partial charge in [0.15, 0.2) is 0 Å². The van der Waals surface area contributed by atoms with Crippen LogP contribution in [0.5, 0.6) is 0 Å². The highest BCUT2D eigenvalue weighted by atomic mass is 16.2. The van der Waals surface area contributed by atoms with Gasteiger partial charge in [-0.2, -0.15) is 0 Å². The number of carbonyl (C=O) groups excluding carboxylic acids is 3. The SMILES string of the molecule is O=C1CCC(N2Cc3c(CN4CCC5(CCNC5)C4)cccc3C2=O)C(=O)N1. The predicted molar refractivity (Wildman–Crippen MR) is 102 cm³/mol. The predicted octanol–water partition coefficient (Wildman–Crippen LogP) is 0.633. The fourth-order valence-electron chi connectivity index (χ4n) is 5.35. The molecule has 0 saturated carbocycles. The van der Waals surface area contributed by atoms with Crippen LogP contribution in [0.4, 0.5) is 0 Å². The minimum Gasteiger partial charge on any atom is -0.322 e. The summed E-state index contributed by atoms with van der Waals surface area (Å²) in [4.78, 5) is 40.8. The third-order valence-electron chi connectivity index (χ3n) is 6.92. The number of rotatable bonds is 3. The van der Waals surface area contributed by atoms with Gasteiger partial charge in [0.1, 0.15) is 6.04 Å². The van der Waals surface area contributed by atoms with Crippen molar-refractivity contribution in [2.45, 2.75) is 44.8 Å². The number of hydrogen-bond acceptors (Lipinski definition) is 5. The van der Waals surface area contributed by atoms with Crippen LogP contribution in [-0.4, -0.2) is 59.7 Å². The summed E-state index contributed by atoms with van der Waals surface area (Å²) in [5.41, 5.74) is 3.36. The van der Waals surface area contributed by atoms with Crippen LogP contribution in [0.1, 0.15) is 47.2 Å². The summed E-state index contributed by atoms with van der Waals surface area (Å²) in [5, 5.41) is 5.87. The van der Waals surface area contributed by atoms with E-state index in [1.165, 1.54) is 18.4 Å². The van der Waals surface area contributed by atoms with E-state index in [1.54, 1.807) is 4.90 Å². The van der Waals surface area contributed by atoms with Crippen LogP contribution in [0.15, 0.2) is 18.2 Å². The Labute approximate surface area is 164 Å². The molecule has 4 aliphatic rings. The van der Waals surface area contributed by atoms with Crippen molar-refractivity contribution in [3.63, 3.8) is 0 Å². The minimum absolute atomic E-state index is 0.0933. The Balaban J connectivity index is 1.34. The first kappa shape index (κ1) is 17.8. The highest BCUT2D eigenvalue weighted by Crippen LogP contribution is 2.37. The molecule has 2 atom stereocenters. The van der Waals surface area contributed by atoms with E-state index in [-0.39, 0.29) is 24.1 Å². The number of nitrogens with zero attached hydrogens (tertiary/aromatic N) is 2. The topological polar surface area (TPSA) is 81.8 Å². The summed E-state index contributed by atoms with van der Waals surface area (Å²) < 4.78 is 0. The van der Waals surface area contributed by atoms with E-state index in [0.717, 1.165) is 38.3 Å². The van der Waals surface area contributed by atoms with E-state index >= 15 is 0 Å². The molecule has 7 heteroatoms. The number of piperidine rings is 1. The number of carbonyl (C=O) groups is 3. The molecule has 4 heterocycles. The van der Waals surface area contributed by atoms with Crippen molar-refractivity contribution in [2.75, 3.05) is 26.2 Å². The molecule has 1 aromatic rings. The lowest BCUT2D eigenvalue weighted by Crippen LogP contribution is -2.52. The maximum absolute atomic E-state index is 13.0. The normalized spacial score (nSPS) is 30.4. The molecule has 3 amide bonds. The van der Waals surface area contributed by atoms with Crippen LogP contribution in [0, 0.1) is 5.41 Å². The third kappa shape index (κ3) is 2.93. The van der Waals surface area contributed by atoms with Crippen LogP contribution >= 0.6 is 0 Å². The van der Waals surface area contributed by atoms with Gasteiger partial charge in [-0.15, -0.1) is 0 Å². The second-order valence-electron chi connectivity index (χ2n) is 8.73. The number of amides is 3. The lowest BCUT2D eigenvalue weighted by molar-refractivity contribution is -0.136. The first-order valence-corrected chi connectivity index (χ1v) is 10.2. The molecular formula is C21H26N4O3. The van der Waals surface area contributed by atoms with Gasteiger partial charge in [-0.05, 0) is 55.0 Å². The molecular weight excluding hydrogens is 356 g/mol. The van der Waals surface area contributed by atoms with Crippen molar-refractivity contribution in [3.05, 3.63) is 34.9 Å². The lowest BCUT2D eigenvalue weighted by Gasteiger charge is -2.29. The number of imide groups is 1. The Bertz CT molecular complexity index is 846. The molecule has 0 bridgehead atoms. The second kappa shape index (κ2) is 6.67. The summed E-state index contributed by atoms with van der Waals surface area (Å²) in [6.45, 7) is 5.73. The first-order valence-electron chi connectivity index (χ1n) is 10.2. The van der Waals surface area contributed by atoms with Crippen molar-refractivity contribution in [1.29, 1.82) is 0 Å². The molecule has 1 spiro atoms. The quantitative estimate of drug-likeness (QED) is 0.750. The number of hydrogen-bond donors (Lipinski definition) is 2. The average Bonchev–Trinajstić information content (AvgIpc) is 3.38. The van der Waals surface area contributed by atoms with Crippen molar-refractivity contribution < 1.29 is 14.4 Å². The zero-order chi connectivity index (χ0) is 19.3. The zero-order valence-corrected chi connectivity index (χ0v) is 16.0. The smallest absolute Gasteiger partial charge is 0.255 e. The monoisotopic (exact) mass is 382 g/mol. The molecule has 28 heavy (non-hydrogen) atoms. The van der Waals surface area contributed by atoms with Gasteiger partial charge in [0.05, 0.1) is 0 Å². The van der Waals surface area contributed by atoms with Gasteiger partial charge >= 0.3 is 0 Å². The van der Waals surface area contributed by atoms with Crippen molar-refractivity contribution in [1.82, 2.24) is 20.4 Å². The molecule has 148 valence electrons. The number of fused-ring (bicyclic) bond motifs is 1. The maximum Gasteiger partial charge on any atom is 0.255 e. The minimum atomic E-state index is -0.551. The molecule has 5 rings (SSSR count). The molecule has 1 aromatic carbocycles. The number of benzene rings is 1. The first-order chi connectivity index (χ1) is 13.5. The Morgan fingerprint density at radius 1 is 1.18 bits per heavy atom. The molecule has 2 unspecified atom stereocenters. The van der Waals surface area contributed by atoms with Gasteiger partial charge in [0.2, 0.25) is 11.8 Å². The van der Waals surface area contributed by atoms with Crippen molar-refractivity contribution in [3.8, 4) is 0 Å². The van der Waals surface area contributed by atoms with E-state index in [4.69, 9.17) is 0 Å². The number of likely N-dealkylation sites (tertiary alicyclic amines) is 1. The van der Waals surface area contributed by atoms with Gasteiger partial charge in [-0.3, -0.25) is 24.6 Å². The summed E-state index contributed by atoms with van der Waals surface area (Å²) in [7, 11) is 0. The molecule has 3 saturated heterocycles. The van der Waals surface area contributed by atoms with Crippen LogP contribution in [0.25, 0.3) is 0 Å². The third-order valence-corrected chi connectivity index (χ3v) is 6.92. The summed E-state index contributed by atoms with van der Waals surface area (Å²) in [5.74, 6) is -0.700. The zero-order valence-electron chi connectivity index (χ0n) is 16.0. The molecule has 2 N–H and O–H groups in total. The average molecular weight is 382 g/mol. The van der Waals surface area contributed by atoms with Crippen LogP contribution in [-0.2, 0) is 22.7 Å². The van der Waals surface area contributed by atoms with Gasteiger partial charge in [-0.1, -0.05) is 12.1 Å². The van der Waals surface area contributed by atoms with Crippen molar-refractivity contribution >= 4 is 17.7 Å². The molecule has 0 aliphatic carbocycles. The highest BCUT2D eigenvalue weighted by molar-refractivity contribution is 6.05. The highest BCUT2D eigenvalue weighted by Gasteiger charge is 2.42. The van der Waals surface area contributed by atoms with Gasteiger partial charge in [0, 0.05) is 38.2 Å². The van der Waals surface area contributed by atoms with Gasteiger partial charge in [-0.25, -0.2) is 0 Å². The molecule has 4 aliphatic heterocycles. The molecule has 3 fully saturated rings. The summed E-state index contributed by atoms with van der Waals surface area (Å²) in [6.07, 6.45) is 3.17. The van der Waals surface area contributed by atoms with E-state index in [2.05, 4.69) is 21.6 Å². The Kier molecular flexibility index (Phi) is 4.25. The number of nitrogens with one attached hydrogen (secondary N) is 2. The standard InChI is InChI=1S/C21H26N4O3/c26-18-5-4-17(19(27)23-18)25-11-16-14(2-1-3-15(16)20(25)28)10-24-9-7-21(13-24)6-8-22-12-21/h1-3,17,22H,4-13H2,(H,23,26,27). The Morgan fingerprint density at radius 3 is 2.86 bits per heavy atom. The molecule has 7 nitrogen and oxygen atoms in total. The van der Waals surface area contributed by atoms with Gasteiger partial charge in [0.25, 0.3) is 5.91 Å². The molecule has 0 aromatic heterocycles. The van der Waals surface area contributed by atoms with E-state index in [0.29, 0.717) is 23.9 Å². The summed E-state index contributed by atoms with van der Waals surface area (Å²) in [6, 6.07) is 5.37. The summed E-state index contributed by atoms with van der Waals surface area (Å²) >= 11 is 0. The van der Waals surface area contributed by atoms with Crippen LogP contribution in [0.3, 0.4) is 0 Å². The van der Waals surface area contributed by atoms with E-state index in [1.807, 2.05) is 12.1 Å². The van der Waals surface area contributed by atoms with E-state index < -0.39 is 6.04 Å². The van der Waals surface area contributed by atoms with Gasteiger partial charge < -0.3 is 10.2 Å². The molecule has 0 radical (unpaired) electrons. The lowest BCUT2D eigenvalue weighted by atomic mass is 9.86. The largest absolute Gasteiger partial charge is 0.322 e. The van der Waals surface area contributed by atoms with Crippen molar-refractivity contribution in [2.24, 2.45) is 5.41 Å².